The second-order valence-corrected chi connectivity index (χ2v) is 8.24. The van der Waals surface area contributed by atoms with Gasteiger partial charge in [0.05, 0.1) is 6.61 Å². The van der Waals surface area contributed by atoms with Crippen molar-refractivity contribution in [1.82, 2.24) is 0 Å². The van der Waals surface area contributed by atoms with Gasteiger partial charge in [0.1, 0.15) is 5.78 Å². The summed E-state index contributed by atoms with van der Waals surface area (Å²) in [5.74, 6) is -0.379. The molecule has 0 spiro atoms. The van der Waals surface area contributed by atoms with Crippen LogP contribution in [0.2, 0.25) is 0 Å². The van der Waals surface area contributed by atoms with Gasteiger partial charge in [-0.2, -0.15) is 0 Å². The van der Waals surface area contributed by atoms with E-state index < -0.39 is 11.4 Å². The molecule has 0 radical (unpaired) electrons. The molecule has 2 aromatic rings. The van der Waals surface area contributed by atoms with Crippen molar-refractivity contribution in [2.45, 2.75) is 53.4 Å². The predicted molar refractivity (Wildman–Crippen MR) is 120 cm³/mol. The van der Waals surface area contributed by atoms with Crippen LogP contribution in [-0.4, -0.2) is 24.3 Å². The maximum Gasteiger partial charge on any atom is 0.333 e. The zero-order valence-corrected chi connectivity index (χ0v) is 18.3. The van der Waals surface area contributed by atoms with Gasteiger partial charge in [-0.15, -0.1) is 0 Å². The standard InChI is InChI=1S/C25H31NO4/c1-6-25(4,5)24(29)26-22-14-8-12-20-18(10-7-13-21(20)22)16-19(27)11-9-15-30-23(28)17(2)3/h7-8,10,12-14H,2,6,9,11,15-16H2,1,3-5H3,(H,26,29). The van der Waals surface area contributed by atoms with Gasteiger partial charge in [-0.1, -0.05) is 57.7 Å². The van der Waals surface area contributed by atoms with Crippen molar-refractivity contribution in [3.63, 3.8) is 0 Å². The van der Waals surface area contributed by atoms with Crippen LogP contribution in [0.5, 0.6) is 0 Å². The predicted octanol–water partition coefficient (Wildman–Crippen LogP) is 5.23. The number of hydrogen-bond donors (Lipinski definition) is 1. The molecule has 30 heavy (non-hydrogen) atoms. The summed E-state index contributed by atoms with van der Waals surface area (Å²) in [5.41, 5.74) is 1.56. The van der Waals surface area contributed by atoms with E-state index >= 15 is 0 Å². The second kappa shape index (κ2) is 10.2. The molecule has 2 rings (SSSR count). The molecule has 5 nitrogen and oxygen atoms in total. The molecular formula is C25H31NO4. The Morgan fingerprint density at radius 2 is 1.73 bits per heavy atom. The Hall–Kier alpha value is -2.95. The number of benzene rings is 2. The van der Waals surface area contributed by atoms with Crippen molar-refractivity contribution in [3.05, 3.63) is 54.1 Å². The van der Waals surface area contributed by atoms with Crippen molar-refractivity contribution >= 4 is 34.1 Å². The first-order valence-corrected chi connectivity index (χ1v) is 10.3. The topological polar surface area (TPSA) is 72.5 Å². The van der Waals surface area contributed by atoms with Crippen LogP contribution in [0.4, 0.5) is 5.69 Å². The SMILES string of the molecule is C=C(C)C(=O)OCCCC(=O)Cc1cccc2c(NC(=O)C(C)(C)CC)cccc12. The smallest absolute Gasteiger partial charge is 0.333 e. The van der Waals surface area contributed by atoms with Crippen LogP contribution in [0.3, 0.4) is 0 Å². The van der Waals surface area contributed by atoms with Crippen molar-refractivity contribution in [2.75, 3.05) is 11.9 Å². The summed E-state index contributed by atoms with van der Waals surface area (Å²) < 4.78 is 5.03. The van der Waals surface area contributed by atoms with Crippen molar-refractivity contribution in [2.24, 2.45) is 5.41 Å². The highest BCUT2D eigenvalue weighted by atomic mass is 16.5. The van der Waals surface area contributed by atoms with Crippen molar-refractivity contribution in [1.29, 1.82) is 0 Å². The summed E-state index contributed by atoms with van der Waals surface area (Å²) >= 11 is 0. The van der Waals surface area contributed by atoms with E-state index in [9.17, 15) is 14.4 Å². The Kier molecular flexibility index (Phi) is 7.93. The molecule has 2 aromatic carbocycles. The minimum absolute atomic E-state index is 0.0247. The van der Waals surface area contributed by atoms with Gasteiger partial charge in [0.25, 0.3) is 0 Å². The van der Waals surface area contributed by atoms with E-state index in [0.29, 0.717) is 24.8 Å². The van der Waals surface area contributed by atoms with E-state index in [1.54, 1.807) is 6.92 Å². The second-order valence-electron chi connectivity index (χ2n) is 8.24. The van der Waals surface area contributed by atoms with E-state index in [1.807, 2.05) is 57.2 Å². The molecule has 0 heterocycles. The summed E-state index contributed by atoms with van der Waals surface area (Å²) in [7, 11) is 0. The molecule has 160 valence electrons. The number of esters is 1. The first-order chi connectivity index (χ1) is 14.2. The van der Waals surface area contributed by atoms with Crippen LogP contribution in [0.15, 0.2) is 48.6 Å². The average molecular weight is 410 g/mol. The molecule has 0 aromatic heterocycles. The lowest BCUT2D eigenvalue weighted by molar-refractivity contribution is -0.139. The molecule has 0 unspecified atom stereocenters. The number of fused-ring (bicyclic) bond motifs is 1. The minimum atomic E-state index is -0.455. The summed E-state index contributed by atoms with van der Waals surface area (Å²) in [6.07, 6.45) is 1.85. The van der Waals surface area contributed by atoms with Gasteiger partial charge in [-0.3, -0.25) is 9.59 Å². The third-order valence-corrected chi connectivity index (χ3v) is 5.33. The Balaban J connectivity index is 2.08. The number of nitrogens with one attached hydrogen (secondary N) is 1. The summed E-state index contributed by atoms with van der Waals surface area (Å²) in [5, 5.41) is 4.90. The van der Waals surface area contributed by atoms with Crippen LogP contribution in [0, 0.1) is 5.41 Å². The molecule has 0 aliphatic heterocycles. The fourth-order valence-electron chi connectivity index (χ4n) is 2.95. The van der Waals surface area contributed by atoms with Gasteiger partial charge in [0.2, 0.25) is 5.91 Å². The van der Waals surface area contributed by atoms with E-state index in [4.69, 9.17) is 4.74 Å². The number of ether oxygens (including phenoxy) is 1. The van der Waals surface area contributed by atoms with Gasteiger partial charge in [0.15, 0.2) is 0 Å². The maximum absolute atomic E-state index is 12.6. The van der Waals surface area contributed by atoms with Gasteiger partial charge in [-0.05, 0) is 36.8 Å². The third-order valence-electron chi connectivity index (χ3n) is 5.33. The van der Waals surface area contributed by atoms with Gasteiger partial charge < -0.3 is 10.1 Å². The molecule has 1 amide bonds. The third kappa shape index (κ3) is 6.02. The molecule has 5 heteroatoms. The molecule has 0 atom stereocenters. The number of anilines is 1. The lowest BCUT2D eigenvalue weighted by atomic mass is 9.89. The molecular weight excluding hydrogens is 378 g/mol. The van der Waals surface area contributed by atoms with Gasteiger partial charge in [-0.25, -0.2) is 4.79 Å². The molecule has 1 N–H and O–H groups in total. The Bertz CT molecular complexity index is 959. The normalized spacial score (nSPS) is 11.2. The molecule has 0 aliphatic carbocycles. The monoisotopic (exact) mass is 409 g/mol. The number of amides is 1. The van der Waals surface area contributed by atoms with Gasteiger partial charge in [0, 0.05) is 34.9 Å². The van der Waals surface area contributed by atoms with E-state index in [0.717, 1.165) is 28.4 Å². The maximum atomic E-state index is 12.6. The van der Waals surface area contributed by atoms with Crippen LogP contribution in [0.1, 0.15) is 52.5 Å². The highest BCUT2D eigenvalue weighted by Crippen LogP contribution is 2.29. The fraction of sp³-hybridized carbons (Fsp3) is 0.400. The molecule has 0 saturated heterocycles. The Morgan fingerprint density at radius 3 is 2.40 bits per heavy atom. The highest BCUT2D eigenvalue weighted by molar-refractivity contribution is 6.05. The number of rotatable bonds is 10. The van der Waals surface area contributed by atoms with Crippen LogP contribution >= 0.6 is 0 Å². The Labute approximate surface area is 178 Å². The van der Waals surface area contributed by atoms with Gasteiger partial charge >= 0.3 is 5.97 Å². The molecule has 0 bridgehead atoms. The average Bonchev–Trinajstić information content (AvgIpc) is 2.71. The first-order valence-electron chi connectivity index (χ1n) is 10.3. The first kappa shape index (κ1) is 23.3. The number of carbonyl (C=O) groups is 3. The molecule has 0 aliphatic rings. The van der Waals surface area contributed by atoms with Crippen molar-refractivity contribution < 1.29 is 19.1 Å². The minimum Gasteiger partial charge on any atom is -0.462 e. The quantitative estimate of drug-likeness (QED) is 0.331. The largest absolute Gasteiger partial charge is 0.462 e. The summed E-state index contributed by atoms with van der Waals surface area (Å²) in [6, 6.07) is 11.5. The molecule has 0 fully saturated rings. The zero-order chi connectivity index (χ0) is 22.3. The van der Waals surface area contributed by atoms with Crippen LogP contribution < -0.4 is 5.32 Å². The summed E-state index contributed by atoms with van der Waals surface area (Å²) in [6.45, 7) is 11.2. The van der Waals surface area contributed by atoms with Crippen LogP contribution in [-0.2, 0) is 25.5 Å². The summed E-state index contributed by atoms with van der Waals surface area (Å²) in [4.78, 5) is 36.4. The van der Waals surface area contributed by atoms with E-state index in [2.05, 4.69) is 11.9 Å². The highest BCUT2D eigenvalue weighted by Gasteiger charge is 2.25. The lowest BCUT2D eigenvalue weighted by Gasteiger charge is -2.22. The van der Waals surface area contributed by atoms with Crippen molar-refractivity contribution in [3.8, 4) is 0 Å². The number of Topliss-reactive ketones (excluding diaryl/α,β-unsaturated/α-hetero) is 1. The number of ketones is 1. The van der Waals surface area contributed by atoms with E-state index in [1.165, 1.54) is 0 Å². The van der Waals surface area contributed by atoms with Crippen LogP contribution in [0.25, 0.3) is 10.8 Å². The Morgan fingerprint density at radius 1 is 1.07 bits per heavy atom. The molecule has 0 saturated carbocycles. The number of carbonyl (C=O) groups excluding carboxylic acids is 3. The number of hydrogen-bond acceptors (Lipinski definition) is 4. The zero-order valence-electron chi connectivity index (χ0n) is 18.3. The lowest BCUT2D eigenvalue weighted by Crippen LogP contribution is -2.30. The van der Waals surface area contributed by atoms with E-state index in [-0.39, 0.29) is 18.3 Å². The fourth-order valence-corrected chi connectivity index (χ4v) is 2.95.